The molecule has 0 spiro atoms. The Hall–Kier alpha value is -14.2. The Balaban J connectivity index is 0.597. The molecule has 0 atom stereocenters. The molecule has 0 N–H and O–H groups in total. The summed E-state index contributed by atoms with van der Waals surface area (Å²) in [6.07, 6.45) is 9.41. The standard InChI is InChI=1S/C95H57N9/c1-11-65(77-19-6-44-96-56-77)47-71(13-1)83-39-33-58-22-27-66(52-88(58)100-83)68-29-24-60-35-41-85(102-90(60)54-68)73-15-3-16-74(49-73)87-43-37-64-26-31-76-50-78(57-99-94(76)95(64)104-87)79-38-32-75(51-82(79)81-21-5-10-63-18-8-46-98-93(63)81)86-42-36-61-25-30-69(55-91(61)103-86)67-28-23-59-34-40-84(101-89(59)53-67)72-14-2-12-70(48-72)80-20-4-9-62-17-7-45-97-92(62)80/h1-57H. The van der Waals surface area contributed by atoms with Crippen molar-refractivity contribution in [3.05, 3.63) is 346 Å². The number of nitrogens with zero attached hydrogens (tertiary/aromatic N) is 9. The van der Waals surface area contributed by atoms with E-state index in [9.17, 15) is 0 Å². The van der Waals surface area contributed by atoms with Gasteiger partial charge < -0.3 is 0 Å². The molecule has 0 bridgehead atoms. The monoisotopic (exact) mass is 1320 g/mol. The molecule has 0 aliphatic heterocycles. The van der Waals surface area contributed by atoms with Crippen LogP contribution in [0.2, 0.25) is 0 Å². The molecular formula is C95H57N9. The Kier molecular flexibility index (Phi) is 14.4. The fourth-order valence-electron chi connectivity index (χ4n) is 14.8. The first-order valence-corrected chi connectivity index (χ1v) is 34.8. The number of hydrogen-bond acceptors (Lipinski definition) is 9. The maximum Gasteiger partial charge on any atom is 0.0972 e. The van der Waals surface area contributed by atoms with Crippen molar-refractivity contribution in [2.24, 2.45) is 0 Å². The van der Waals surface area contributed by atoms with Crippen molar-refractivity contribution in [2.75, 3.05) is 0 Å². The van der Waals surface area contributed by atoms with Gasteiger partial charge in [0.1, 0.15) is 0 Å². The fourth-order valence-corrected chi connectivity index (χ4v) is 14.8. The van der Waals surface area contributed by atoms with E-state index in [1.807, 2.05) is 43.0 Å². The number of pyridine rings is 9. The van der Waals surface area contributed by atoms with Crippen molar-refractivity contribution < 1.29 is 0 Å². The van der Waals surface area contributed by atoms with Crippen LogP contribution in [0.15, 0.2) is 346 Å². The molecule has 20 aromatic rings. The van der Waals surface area contributed by atoms with Gasteiger partial charge in [-0.25, -0.2) is 24.9 Å². The molecule has 9 heteroatoms. The zero-order valence-electron chi connectivity index (χ0n) is 55.9. The van der Waals surface area contributed by atoms with Crippen LogP contribution >= 0.6 is 0 Å². The van der Waals surface area contributed by atoms with Crippen LogP contribution in [0, 0.1) is 0 Å². The average molecular weight is 1320 g/mol. The van der Waals surface area contributed by atoms with Crippen LogP contribution in [0.5, 0.6) is 0 Å². The van der Waals surface area contributed by atoms with Crippen LogP contribution in [0.3, 0.4) is 0 Å². The van der Waals surface area contributed by atoms with Crippen LogP contribution in [0.4, 0.5) is 0 Å². The number of aromatic nitrogens is 9. The van der Waals surface area contributed by atoms with E-state index in [1.54, 1.807) is 6.20 Å². The van der Waals surface area contributed by atoms with Crippen LogP contribution < -0.4 is 0 Å². The molecule has 9 aromatic heterocycles. The normalized spacial score (nSPS) is 11.7. The van der Waals surface area contributed by atoms with Gasteiger partial charge in [-0.05, 0) is 148 Å². The summed E-state index contributed by atoms with van der Waals surface area (Å²) in [7, 11) is 0. The van der Waals surface area contributed by atoms with Crippen LogP contribution in [-0.4, -0.2) is 44.9 Å². The van der Waals surface area contributed by atoms with Gasteiger partial charge in [0.05, 0.1) is 72.6 Å². The van der Waals surface area contributed by atoms with E-state index >= 15 is 0 Å². The minimum atomic E-state index is 0.830. The van der Waals surface area contributed by atoms with E-state index in [0.717, 1.165) is 210 Å². The number of hydrogen-bond donors (Lipinski definition) is 0. The van der Waals surface area contributed by atoms with Gasteiger partial charge in [-0.1, -0.05) is 212 Å². The highest BCUT2D eigenvalue weighted by atomic mass is 14.8. The SMILES string of the molecule is c1cncc(-c2cccc(-c3ccc4ccc(-c5ccc6ccc(-c7cccc(-c8ccc9ccc%10cc(-c%11ccc(-c%12ccc%13ccc(-c%14ccc%15ccc(-c%16cccc(-c%17cccc%18cccnc%17%18)c%16)nc%15c%14)cc%13n%12)cc%11-c%11cccc%12cccnc%11%12)cnc%10c9n8)c7)nc6c5)cc4n3)c2)c1. The average Bonchev–Trinajstić information content (AvgIpc) is 0.763. The lowest BCUT2D eigenvalue weighted by Gasteiger charge is -2.15. The minimum Gasteiger partial charge on any atom is -0.264 e. The van der Waals surface area contributed by atoms with E-state index in [0.29, 0.717) is 0 Å². The second-order valence-corrected chi connectivity index (χ2v) is 26.6. The lowest BCUT2D eigenvalue weighted by molar-refractivity contribution is 1.33. The molecule has 0 saturated carbocycles. The highest BCUT2D eigenvalue weighted by molar-refractivity contribution is 6.06. The van der Waals surface area contributed by atoms with Crippen LogP contribution in [0.1, 0.15) is 0 Å². The highest BCUT2D eigenvalue weighted by Crippen LogP contribution is 2.42. The molecule has 0 saturated heterocycles. The second kappa shape index (κ2) is 24.9. The first-order valence-electron chi connectivity index (χ1n) is 34.8. The third kappa shape index (κ3) is 11.0. The quantitative estimate of drug-likeness (QED) is 0.117. The predicted molar refractivity (Wildman–Crippen MR) is 426 cm³/mol. The van der Waals surface area contributed by atoms with Crippen LogP contribution in [0.25, 0.3) is 210 Å². The largest absolute Gasteiger partial charge is 0.264 e. The molecule has 11 aromatic carbocycles. The molecule has 0 radical (unpaired) electrons. The Morgan fingerprint density at radius 1 is 0.163 bits per heavy atom. The molecule has 0 fully saturated rings. The fraction of sp³-hybridized carbons (Fsp3) is 0. The molecule has 9 nitrogen and oxygen atoms in total. The Morgan fingerprint density at radius 2 is 0.538 bits per heavy atom. The minimum absolute atomic E-state index is 0.830. The molecule has 482 valence electrons. The Bertz CT molecular complexity index is 6880. The van der Waals surface area contributed by atoms with E-state index in [1.165, 1.54) is 0 Å². The van der Waals surface area contributed by atoms with E-state index in [4.69, 9.17) is 39.9 Å². The van der Waals surface area contributed by atoms with E-state index < -0.39 is 0 Å². The van der Waals surface area contributed by atoms with Gasteiger partial charge in [-0.15, -0.1) is 0 Å². The van der Waals surface area contributed by atoms with Crippen molar-refractivity contribution in [1.82, 2.24) is 44.9 Å². The lowest BCUT2D eigenvalue weighted by atomic mass is 9.90. The maximum absolute atomic E-state index is 5.40. The van der Waals surface area contributed by atoms with Gasteiger partial charge in [0.2, 0.25) is 0 Å². The summed E-state index contributed by atoms with van der Waals surface area (Å²) < 4.78 is 0. The van der Waals surface area contributed by atoms with E-state index in [-0.39, 0.29) is 0 Å². The van der Waals surface area contributed by atoms with Gasteiger partial charge in [-0.3, -0.25) is 19.9 Å². The molecule has 104 heavy (non-hydrogen) atoms. The smallest absolute Gasteiger partial charge is 0.0972 e. The first kappa shape index (κ1) is 59.9. The first-order chi connectivity index (χ1) is 51.4. The third-order valence-corrected chi connectivity index (χ3v) is 20.2. The number of rotatable bonds is 11. The van der Waals surface area contributed by atoms with Crippen molar-refractivity contribution >= 4 is 87.2 Å². The van der Waals surface area contributed by atoms with Gasteiger partial charge >= 0.3 is 0 Å². The topological polar surface area (TPSA) is 116 Å². The molecule has 0 aliphatic carbocycles. The second-order valence-electron chi connectivity index (χ2n) is 26.6. The predicted octanol–water partition coefficient (Wildman–Crippen LogP) is 23.8. The van der Waals surface area contributed by atoms with Gasteiger partial charge in [0.15, 0.2) is 0 Å². The molecule has 20 rings (SSSR count). The summed E-state index contributed by atoms with van der Waals surface area (Å²) in [6.45, 7) is 0. The number of benzene rings is 11. The zero-order chi connectivity index (χ0) is 68.6. The van der Waals surface area contributed by atoms with Crippen LogP contribution in [-0.2, 0) is 0 Å². The number of fused-ring (bicyclic) bond motifs is 9. The molecule has 0 amide bonds. The summed E-state index contributed by atoms with van der Waals surface area (Å²) in [5.41, 5.74) is 29.5. The summed E-state index contributed by atoms with van der Waals surface area (Å²) in [5.74, 6) is 0. The van der Waals surface area contributed by atoms with Crippen molar-refractivity contribution in [1.29, 1.82) is 0 Å². The summed E-state index contributed by atoms with van der Waals surface area (Å²) >= 11 is 0. The Morgan fingerprint density at radius 3 is 1.08 bits per heavy atom. The Labute approximate surface area is 597 Å². The molecule has 0 unspecified atom stereocenters. The third-order valence-electron chi connectivity index (χ3n) is 20.2. The van der Waals surface area contributed by atoms with Crippen molar-refractivity contribution in [2.45, 2.75) is 0 Å². The van der Waals surface area contributed by atoms with Gasteiger partial charge in [0, 0.05) is 124 Å². The molecule has 9 heterocycles. The van der Waals surface area contributed by atoms with Crippen molar-refractivity contribution in [3.8, 4) is 123 Å². The summed E-state index contributed by atoms with van der Waals surface area (Å²) in [6, 6.07) is 111. The summed E-state index contributed by atoms with van der Waals surface area (Å²) in [4.78, 5) is 45.8. The van der Waals surface area contributed by atoms with E-state index in [2.05, 4.69) is 302 Å². The molecule has 0 aliphatic rings. The van der Waals surface area contributed by atoms with Crippen molar-refractivity contribution in [3.63, 3.8) is 0 Å². The zero-order valence-corrected chi connectivity index (χ0v) is 55.9. The van der Waals surface area contributed by atoms with Gasteiger partial charge in [-0.2, -0.15) is 0 Å². The maximum atomic E-state index is 5.40. The van der Waals surface area contributed by atoms with Gasteiger partial charge in [0.25, 0.3) is 0 Å². The lowest BCUT2D eigenvalue weighted by Crippen LogP contribution is -1.94. The summed E-state index contributed by atoms with van der Waals surface area (Å²) in [5, 5.41) is 8.45. The highest BCUT2D eigenvalue weighted by Gasteiger charge is 2.19. The number of para-hydroxylation sites is 2. The molecular weight excluding hydrogens is 1270 g/mol.